The Morgan fingerprint density at radius 3 is 2.52 bits per heavy atom. The molecule has 2 rings (SSSR count). The van der Waals surface area contributed by atoms with Gasteiger partial charge in [-0.15, -0.1) is 0 Å². The summed E-state index contributed by atoms with van der Waals surface area (Å²) >= 11 is 5.82. The van der Waals surface area contributed by atoms with Crippen LogP contribution in [0.5, 0.6) is 0 Å². The van der Waals surface area contributed by atoms with Gasteiger partial charge in [0.05, 0.1) is 18.7 Å². The van der Waals surface area contributed by atoms with Gasteiger partial charge in [0.25, 0.3) is 0 Å². The normalized spacial score (nSPS) is 9.70. The van der Waals surface area contributed by atoms with E-state index >= 15 is 0 Å². The van der Waals surface area contributed by atoms with Crippen molar-refractivity contribution in [2.24, 2.45) is 0 Å². The molecule has 118 valence electrons. The van der Waals surface area contributed by atoms with Crippen molar-refractivity contribution in [2.45, 2.75) is 6.42 Å². The number of carbonyl (C=O) groups is 1. The first-order valence-electron chi connectivity index (χ1n) is 7.32. The van der Waals surface area contributed by atoms with Gasteiger partial charge in [-0.2, -0.15) is 0 Å². The van der Waals surface area contributed by atoms with E-state index in [0.29, 0.717) is 18.0 Å². The Kier molecular flexibility index (Phi) is 6.08. The van der Waals surface area contributed by atoms with E-state index in [2.05, 4.69) is 17.2 Å². The number of para-hydroxylation sites is 1. The lowest BCUT2D eigenvalue weighted by Crippen LogP contribution is -2.25. The quantitative estimate of drug-likeness (QED) is 0.876. The van der Waals surface area contributed by atoms with Crippen LogP contribution in [-0.4, -0.2) is 26.5 Å². The van der Waals surface area contributed by atoms with Crippen molar-refractivity contribution >= 4 is 23.2 Å². The minimum absolute atomic E-state index is 0.0532. The van der Waals surface area contributed by atoms with Crippen LogP contribution in [0.15, 0.2) is 48.5 Å². The molecular weight excluding hydrogens is 308 g/mol. The van der Waals surface area contributed by atoms with Crippen molar-refractivity contribution in [3.05, 3.63) is 64.7 Å². The van der Waals surface area contributed by atoms with Crippen LogP contribution in [0.4, 0.5) is 5.69 Å². The van der Waals surface area contributed by atoms with Gasteiger partial charge in [0.1, 0.15) is 0 Å². The number of anilines is 1. The number of rotatable bonds is 4. The van der Waals surface area contributed by atoms with Crippen LogP contribution in [0.25, 0.3) is 0 Å². The molecular formula is C19H19ClN2O. The summed E-state index contributed by atoms with van der Waals surface area (Å²) in [7, 11) is 3.96. The molecule has 3 nitrogen and oxygen atoms in total. The third-order valence-corrected chi connectivity index (χ3v) is 3.51. The Hall–Kier alpha value is -2.44. The Morgan fingerprint density at radius 1 is 1.13 bits per heavy atom. The number of carbonyl (C=O) groups excluding carboxylic acids is 1. The molecule has 0 saturated heterocycles. The number of amides is 1. The summed E-state index contributed by atoms with van der Waals surface area (Å²) < 4.78 is 0. The van der Waals surface area contributed by atoms with Crippen LogP contribution in [0.2, 0.25) is 5.02 Å². The molecule has 0 unspecified atom stereocenters. The van der Waals surface area contributed by atoms with Crippen molar-refractivity contribution in [2.75, 3.05) is 25.5 Å². The first-order chi connectivity index (χ1) is 11.1. The fraction of sp³-hybridized carbons (Fsp3) is 0.211. The summed E-state index contributed by atoms with van der Waals surface area (Å²) in [4.78, 5) is 13.9. The van der Waals surface area contributed by atoms with E-state index in [4.69, 9.17) is 11.6 Å². The lowest BCUT2D eigenvalue weighted by atomic mass is 10.1. The highest BCUT2D eigenvalue weighted by Crippen LogP contribution is 2.16. The minimum atomic E-state index is -0.0532. The molecule has 0 heterocycles. The lowest BCUT2D eigenvalue weighted by Gasteiger charge is -2.13. The Morgan fingerprint density at radius 2 is 1.83 bits per heavy atom. The summed E-state index contributed by atoms with van der Waals surface area (Å²) in [5, 5.41) is 3.47. The molecule has 0 aliphatic heterocycles. The van der Waals surface area contributed by atoms with Crippen LogP contribution < -0.4 is 10.2 Å². The van der Waals surface area contributed by atoms with Gasteiger partial charge in [0, 0.05) is 24.7 Å². The Balaban J connectivity index is 1.88. The summed E-state index contributed by atoms with van der Waals surface area (Å²) in [5.74, 6) is 6.04. The standard InChI is InChI=1S/C19H19ClN2O/c1-22(2)18-8-4-3-6-16(18)7-5-13-21-19(23)14-15-9-11-17(20)12-10-15/h3-4,6,8-12H,13-14H2,1-2H3,(H,21,23). The van der Waals surface area contributed by atoms with Gasteiger partial charge in [-0.1, -0.05) is 47.7 Å². The molecule has 1 N–H and O–H groups in total. The monoisotopic (exact) mass is 326 g/mol. The van der Waals surface area contributed by atoms with Crippen LogP contribution in [0.3, 0.4) is 0 Å². The number of benzene rings is 2. The van der Waals surface area contributed by atoms with Crippen LogP contribution in [-0.2, 0) is 11.2 Å². The molecule has 0 atom stereocenters. The van der Waals surface area contributed by atoms with Crippen molar-refractivity contribution in [3.63, 3.8) is 0 Å². The zero-order valence-corrected chi connectivity index (χ0v) is 14.0. The van der Waals surface area contributed by atoms with Gasteiger partial charge < -0.3 is 10.2 Å². The van der Waals surface area contributed by atoms with E-state index in [0.717, 1.165) is 16.8 Å². The highest BCUT2D eigenvalue weighted by atomic mass is 35.5. The topological polar surface area (TPSA) is 32.3 Å². The summed E-state index contributed by atoms with van der Waals surface area (Å²) in [6.07, 6.45) is 0.327. The molecule has 2 aromatic carbocycles. The van der Waals surface area contributed by atoms with Gasteiger partial charge >= 0.3 is 0 Å². The van der Waals surface area contributed by atoms with Gasteiger partial charge in [-0.3, -0.25) is 4.79 Å². The second-order valence-electron chi connectivity index (χ2n) is 5.29. The third-order valence-electron chi connectivity index (χ3n) is 3.26. The molecule has 2 aromatic rings. The van der Waals surface area contributed by atoms with Crippen molar-refractivity contribution in [3.8, 4) is 11.8 Å². The first kappa shape index (κ1) is 16.9. The second-order valence-corrected chi connectivity index (χ2v) is 5.73. The minimum Gasteiger partial charge on any atom is -0.377 e. The average Bonchev–Trinajstić information content (AvgIpc) is 2.54. The van der Waals surface area contributed by atoms with Crippen molar-refractivity contribution < 1.29 is 4.79 Å². The van der Waals surface area contributed by atoms with Gasteiger partial charge in [-0.05, 0) is 29.8 Å². The van der Waals surface area contributed by atoms with Gasteiger partial charge in [-0.25, -0.2) is 0 Å². The third kappa shape index (κ3) is 5.36. The largest absolute Gasteiger partial charge is 0.377 e. The molecule has 0 aromatic heterocycles. The number of hydrogen-bond donors (Lipinski definition) is 1. The van der Waals surface area contributed by atoms with E-state index in [9.17, 15) is 4.79 Å². The van der Waals surface area contributed by atoms with E-state index in [-0.39, 0.29) is 5.91 Å². The Bertz CT molecular complexity index is 727. The van der Waals surface area contributed by atoms with Crippen LogP contribution in [0, 0.1) is 11.8 Å². The Labute approximate surface area is 142 Å². The summed E-state index contributed by atoms with van der Waals surface area (Å²) in [6.45, 7) is 0.328. The predicted molar refractivity (Wildman–Crippen MR) is 95.8 cm³/mol. The van der Waals surface area contributed by atoms with Gasteiger partial charge in [0.15, 0.2) is 0 Å². The number of nitrogens with one attached hydrogen (secondary N) is 1. The zero-order chi connectivity index (χ0) is 16.7. The lowest BCUT2D eigenvalue weighted by molar-refractivity contribution is -0.120. The van der Waals surface area contributed by atoms with E-state index in [1.165, 1.54) is 0 Å². The van der Waals surface area contributed by atoms with Crippen LogP contribution >= 0.6 is 11.6 Å². The predicted octanol–water partition coefficient (Wildman–Crippen LogP) is 3.12. The van der Waals surface area contributed by atoms with E-state index in [1.54, 1.807) is 12.1 Å². The molecule has 0 saturated carbocycles. The van der Waals surface area contributed by atoms with Crippen molar-refractivity contribution in [1.82, 2.24) is 5.32 Å². The molecule has 0 radical (unpaired) electrons. The second kappa shape index (κ2) is 8.26. The SMILES string of the molecule is CN(C)c1ccccc1C#CCNC(=O)Cc1ccc(Cl)cc1. The smallest absolute Gasteiger partial charge is 0.225 e. The maximum Gasteiger partial charge on any atom is 0.225 e. The number of halogens is 1. The molecule has 0 spiro atoms. The summed E-state index contributed by atoms with van der Waals surface area (Å²) in [5.41, 5.74) is 2.94. The van der Waals surface area contributed by atoms with E-state index < -0.39 is 0 Å². The molecule has 1 amide bonds. The fourth-order valence-corrected chi connectivity index (χ4v) is 2.23. The molecule has 4 heteroatoms. The number of nitrogens with zero attached hydrogens (tertiary/aromatic N) is 1. The highest BCUT2D eigenvalue weighted by Gasteiger charge is 2.02. The fourth-order valence-electron chi connectivity index (χ4n) is 2.10. The first-order valence-corrected chi connectivity index (χ1v) is 7.70. The molecule has 23 heavy (non-hydrogen) atoms. The zero-order valence-electron chi connectivity index (χ0n) is 13.3. The molecule has 0 fully saturated rings. The number of hydrogen-bond acceptors (Lipinski definition) is 2. The van der Waals surface area contributed by atoms with Crippen LogP contribution in [0.1, 0.15) is 11.1 Å². The maximum atomic E-state index is 11.9. The highest BCUT2D eigenvalue weighted by molar-refractivity contribution is 6.30. The average molecular weight is 327 g/mol. The van der Waals surface area contributed by atoms with Crippen molar-refractivity contribution in [1.29, 1.82) is 0 Å². The van der Waals surface area contributed by atoms with Gasteiger partial charge in [0.2, 0.25) is 5.91 Å². The molecule has 0 bridgehead atoms. The van der Waals surface area contributed by atoms with E-state index in [1.807, 2.05) is 55.4 Å². The molecule has 0 aliphatic carbocycles. The maximum absolute atomic E-state index is 11.9. The summed E-state index contributed by atoms with van der Waals surface area (Å²) in [6, 6.07) is 15.2. The molecule has 0 aliphatic rings.